The van der Waals surface area contributed by atoms with Gasteiger partial charge in [-0.15, -0.1) is 0 Å². The van der Waals surface area contributed by atoms with Gasteiger partial charge in [-0.25, -0.2) is 4.98 Å². The van der Waals surface area contributed by atoms with Crippen molar-refractivity contribution in [2.75, 3.05) is 39.3 Å². The van der Waals surface area contributed by atoms with Gasteiger partial charge in [0.15, 0.2) is 5.96 Å². The van der Waals surface area contributed by atoms with Crippen LogP contribution in [0.1, 0.15) is 32.5 Å². The molecule has 2 heterocycles. The van der Waals surface area contributed by atoms with E-state index in [9.17, 15) is 13.2 Å². The number of halogens is 3. The summed E-state index contributed by atoms with van der Waals surface area (Å²) in [6.07, 6.45) is 1.57. The van der Waals surface area contributed by atoms with Gasteiger partial charge >= 0.3 is 6.18 Å². The monoisotopic (exact) mass is 388 g/mol. The van der Waals surface area contributed by atoms with Crippen LogP contribution in [-0.4, -0.2) is 76.8 Å². The minimum Gasteiger partial charge on any atom is -0.357 e. The zero-order valence-electron chi connectivity index (χ0n) is 16.5. The first-order valence-electron chi connectivity index (χ1n) is 9.64. The van der Waals surface area contributed by atoms with Crippen LogP contribution in [0.15, 0.2) is 17.4 Å². The molecule has 1 saturated heterocycles. The summed E-state index contributed by atoms with van der Waals surface area (Å²) >= 11 is 0. The number of hydrogen-bond donors (Lipinski definition) is 1. The molecule has 0 saturated carbocycles. The summed E-state index contributed by atoms with van der Waals surface area (Å²) in [5.41, 5.74) is 0. The maximum Gasteiger partial charge on any atom is 0.403 e. The summed E-state index contributed by atoms with van der Waals surface area (Å²) in [7, 11) is 0. The third-order valence-corrected chi connectivity index (χ3v) is 4.96. The van der Waals surface area contributed by atoms with Gasteiger partial charge in [0.1, 0.15) is 11.9 Å². The molecular weight excluding hydrogens is 357 g/mol. The van der Waals surface area contributed by atoms with E-state index in [2.05, 4.69) is 24.8 Å². The fraction of sp³-hybridized carbons (Fsp3) is 0.778. The highest BCUT2D eigenvalue weighted by Crippen LogP contribution is 2.25. The van der Waals surface area contributed by atoms with Crippen LogP contribution in [-0.2, 0) is 6.54 Å². The molecule has 2 rings (SSSR count). The summed E-state index contributed by atoms with van der Waals surface area (Å²) in [6, 6.07) is -1.40. The Labute approximate surface area is 159 Å². The molecule has 0 spiro atoms. The van der Waals surface area contributed by atoms with Gasteiger partial charge in [0.2, 0.25) is 0 Å². The van der Waals surface area contributed by atoms with Gasteiger partial charge in [-0.2, -0.15) is 13.2 Å². The van der Waals surface area contributed by atoms with Crippen LogP contribution in [0.3, 0.4) is 0 Å². The third-order valence-electron chi connectivity index (χ3n) is 4.96. The van der Waals surface area contributed by atoms with Crippen LogP contribution >= 0.6 is 0 Å². The Bertz CT molecular complexity index is 590. The van der Waals surface area contributed by atoms with Crippen molar-refractivity contribution in [3.8, 4) is 0 Å². The first-order chi connectivity index (χ1) is 12.8. The first-order valence-corrected chi connectivity index (χ1v) is 9.64. The summed E-state index contributed by atoms with van der Waals surface area (Å²) in [5, 5.41) is 3.26. The predicted octanol–water partition coefficient (Wildman–Crippen LogP) is 2.51. The molecule has 1 aromatic heterocycles. The maximum absolute atomic E-state index is 12.9. The molecule has 1 unspecified atom stereocenters. The van der Waals surface area contributed by atoms with Crippen molar-refractivity contribution in [2.45, 2.75) is 52.4 Å². The fourth-order valence-corrected chi connectivity index (χ4v) is 3.17. The number of aromatic nitrogens is 2. The Kier molecular flexibility index (Phi) is 7.94. The van der Waals surface area contributed by atoms with Crippen LogP contribution in [0, 0.1) is 6.92 Å². The second kappa shape index (κ2) is 9.96. The number of guanidine groups is 1. The van der Waals surface area contributed by atoms with E-state index in [0.717, 1.165) is 37.7 Å². The second-order valence-corrected chi connectivity index (χ2v) is 6.85. The van der Waals surface area contributed by atoms with E-state index < -0.39 is 12.2 Å². The van der Waals surface area contributed by atoms with E-state index in [0.29, 0.717) is 32.7 Å². The number of aryl methyl sites for hydroxylation is 2. The van der Waals surface area contributed by atoms with E-state index >= 15 is 0 Å². The van der Waals surface area contributed by atoms with Gasteiger partial charge in [0.05, 0.1) is 0 Å². The molecule has 9 heteroatoms. The quantitative estimate of drug-likeness (QED) is 0.443. The van der Waals surface area contributed by atoms with Crippen LogP contribution in [0.2, 0.25) is 0 Å². The van der Waals surface area contributed by atoms with Crippen molar-refractivity contribution in [1.82, 2.24) is 24.7 Å². The number of rotatable bonds is 7. The minimum atomic E-state index is -4.17. The lowest BCUT2D eigenvalue weighted by Crippen LogP contribution is -2.56. The van der Waals surface area contributed by atoms with Crippen molar-refractivity contribution in [3.05, 3.63) is 18.2 Å². The zero-order valence-corrected chi connectivity index (χ0v) is 16.5. The molecule has 0 radical (unpaired) electrons. The van der Waals surface area contributed by atoms with Crippen LogP contribution < -0.4 is 5.32 Å². The number of nitrogens with zero attached hydrogens (tertiary/aromatic N) is 5. The number of nitrogens with one attached hydrogen (secondary N) is 1. The zero-order chi connectivity index (χ0) is 19.9. The van der Waals surface area contributed by atoms with Crippen molar-refractivity contribution in [2.24, 2.45) is 4.99 Å². The smallest absolute Gasteiger partial charge is 0.357 e. The molecular formula is C18H31F3N6. The number of hydrogen-bond acceptors (Lipinski definition) is 3. The van der Waals surface area contributed by atoms with E-state index in [1.165, 1.54) is 11.8 Å². The Morgan fingerprint density at radius 3 is 2.52 bits per heavy atom. The van der Waals surface area contributed by atoms with Crippen LogP contribution in [0.25, 0.3) is 0 Å². The number of aliphatic imine (C=N–C) groups is 1. The Balaban J connectivity index is 1.79. The van der Waals surface area contributed by atoms with E-state index in [1.54, 1.807) is 6.20 Å². The Morgan fingerprint density at radius 1 is 1.26 bits per heavy atom. The van der Waals surface area contributed by atoms with E-state index in [1.807, 2.05) is 20.0 Å². The molecule has 6 nitrogen and oxygen atoms in total. The fourth-order valence-electron chi connectivity index (χ4n) is 3.17. The largest absolute Gasteiger partial charge is 0.403 e. The average Bonchev–Trinajstić information content (AvgIpc) is 3.04. The minimum absolute atomic E-state index is 0.394. The van der Waals surface area contributed by atoms with Crippen molar-refractivity contribution < 1.29 is 13.2 Å². The summed E-state index contributed by atoms with van der Waals surface area (Å²) < 4.78 is 40.8. The van der Waals surface area contributed by atoms with Crippen molar-refractivity contribution in [3.63, 3.8) is 0 Å². The predicted molar refractivity (Wildman–Crippen MR) is 101 cm³/mol. The standard InChI is InChI=1S/C18H31F3N6/c1-4-22-17(24-7-5-6-9-26-10-8-23-16(26)3)27-13-11-25(12-14-27)15(2)18(19,20)21/h8,10,15H,4-7,9,11-14H2,1-3H3,(H,22,24). The van der Waals surface area contributed by atoms with Gasteiger partial charge in [-0.3, -0.25) is 9.89 Å². The van der Waals surface area contributed by atoms with Crippen molar-refractivity contribution in [1.29, 1.82) is 0 Å². The lowest BCUT2D eigenvalue weighted by atomic mass is 10.2. The molecule has 27 heavy (non-hydrogen) atoms. The van der Waals surface area contributed by atoms with E-state index in [-0.39, 0.29) is 0 Å². The molecule has 0 aliphatic carbocycles. The van der Waals surface area contributed by atoms with Crippen molar-refractivity contribution >= 4 is 5.96 Å². The molecule has 1 aromatic rings. The molecule has 0 amide bonds. The number of imidazole rings is 1. The lowest BCUT2D eigenvalue weighted by Gasteiger charge is -2.39. The second-order valence-electron chi connectivity index (χ2n) is 6.85. The molecule has 1 aliphatic heterocycles. The first kappa shape index (κ1) is 21.5. The summed E-state index contributed by atoms with van der Waals surface area (Å²) in [5.74, 6) is 1.81. The number of alkyl halides is 3. The number of unbranched alkanes of at least 4 members (excludes halogenated alkanes) is 1. The summed E-state index contributed by atoms with van der Waals surface area (Å²) in [6.45, 7) is 9.49. The number of piperazine rings is 1. The SMILES string of the molecule is CCNC(=NCCCCn1ccnc1C)N1CCN(C(C)C(F)(F)F)CC1. The average molecular weight is 388 g/mol. The third kappa shape index (κ3) is 6.41. The molecule has 1 fully saturated rings. The van der Waals surface area contributed by atoms with Gasteiger partial charge in [0.25, 0.3) is 0 Å². The topological polar surface area (TPSA) is 48.7 Å². The Morgan fingerprint density at radius 2 is 1.96 bits per heavy atom. The highest BCUT2D eigenvalue weighted by atomic mass is 19.4. The van der Waals surface area contributed by atoms with Gasteiger partial charge in [-0.1, -0.05) is 0 Å². The van der Waals surface area contributed by atoms with Gasteiger partial charge in [-0.05, 0) is 33.6 Å². The molecule has 0 bridgehead atoms. The maximum atomic E-state index is 12.9. The normalized spacial score (nSPS) is 18.0. The van der Waals surface area contributed by atoms with Gasteiger partial charge < -0.3 is 14.8 Å². The Hall–Kier alpha value is -1.77. The molecule has 0 aromatic carbocycles. The van der Waals surface area contributed by atoms with Crippen LogP contribution in [0.5, 0.6) is 0 Å². The molecule has 1 atom stereocenters. The summed E-state index contributed by atoms with van der Waals surface area (Å²) in [4.78, 5) is 12.4. The van der Waals surface area contributed by atoms with E-state index in [4.69, 9.17) is 0 Å². The van der Waals surface area contributed by atoms with Crippen LogP contribution in [0.4, 0.5) is 13.2 Å². The molecule has 1 aliphatic rings. The lowest BCUT2D eigenvalue weighted by molar-refractivity contribution is -0.181. The van der Waals surface area contributed by atoms with Gasteiger partial charge in [0, 0.05) is 58.2 Å². The molecule has 1 N–H and O–H groups in total. The highest BCUT2D eigenvalue weighted by Gasteiger charge is 2.41. The highest BCUT2D eigenvalue weighted by molar-refractivity contribution is 5.80. The molecule has 154 valence electrons.